The number of nitrogens with zero attached hydrogens (tertiary/aromatic N) is 1. The smallest absolute Gasteiger partial charge is 0.319 e. The summed E-state index contributed by atoms with van der Waals surface area (Å²) < 4.78 is 5.33. The zero-order chi connectivity index (χ0) is 16.7. The zero-order valence-corrected chi connectivity index (χ0v) is 14.5. The average molecular weight is 319 g/mol. The number of benzene rings is 1. The molecule has 0 spiro atoms. The van der Waals surface area contributed by atoms with E-state index >= 15 is 0 Å². The lowest BCUT2D eigenvalue weighted by atomic mass is 9.86. The van der Waals surface area contributed by atoms with Gasteiger partial charge in [0.15, 0.2) is 0 Å². The van der Waals surface area contributed by atoms with Crippen LogP contribution in [0.3, 0.4) is 0 Å². The average Bonchev–Trinajstić information content (AvgIpc) is 2.52. The molecule has 1 fully saturated rings. The van der Waals surface area contributed by atoms with E-state index in [-0.39, 0.29) is 11.4 Å². The molecule has 0 bridgehead atoms. The topological polar surface area (TPSA) is 53.6 Å². The largest absolute Gasteiger partial charge is 0.379 e. The maximum absolute atomic E-state index is 12.1. The van der Waals surface area contributed by atoms with Gasteiger partial charge in [0.1, 0.15) is 0 Å². The van der Waals surface area contributed by atoms with E-state index in [9.17, 15) is 4.79 Å². The van der Waals surface area contributed by atoms with Crippen LogP contribution in [0.15, 0.2) is 24.3 Å². The fourth-order valence-corrected chi connectivity index (χ4v) is 2.74. The van der Waals surface area contributed by atoms with Crippen molar-refractivity contribution < 1.29 is 9.53 Å². The number of carbonyl (C=O) groups is 1. The number of ether oxygens (including phenoxy) is 1. The van der Waals surface area contributed by atoms with Gasteiger partial charge in [-0.25, -0.2) is 4.79 Å². The van der Waals surface area contributed by atoms with Crippen LogP contribution < -0.4 is 10.6 Å². The molecule has 1 aromatic rings. The molecule has 0 atom stereocenters. The van der Waals surface area contributed by atoms with Gasteiger partial charge in [0.2, 0.25) is 0 Å². The highest BCUT2D eigenvalue weighted by Gasteiger charge is 2.18. The van der Waals surface area contributed by atoms with Crippen molar-refractivity contribution in [1.82, 2.24) is 10.2 Å². The van der Waals surface area contributed by atoms with Gasteiger partial charge in [0, 0.05) is 25.3 Å². The van der Waals surface area contributed by atoms with E-state index in [1.807, 2.05) is 18.2 Å². The van der Waals surface area contributed by atoms with Crippen molar-refractivity contribution in [3.8, 4) is 0 Å². The van der Waals surface area contributed by atoms with Crippen LogP contribution in [0, 0.1) is 0 Å². The molecule has 23 heavy (non-hydrogen) atoms. The minimum absolute atomic E-state index is 0.000205. The molecule has 2 rings (SSSR count). The normalized spacial score (nSPS) is 16.1. The Morgan fingerprint density at radius 1 is 1.22 bits per heavy atom. The minimum atomic E-state index is -0.135. The number of carbonyl (C=O) groups excluding carboxylic acids is 1. The third kappa shape index (κ3) is 5.84. The number of para-hydroxylation sites is 1. The fourth-order valence-electron chi connectivity index (χ4n) is 2.74. The number of amides is 2. The molecule has 5 nitrogen and oxygen atoms in total. The van der Waals surface area contributed by atoms with Gasteiger partial charge in [-0.05, 0) is 30.0 Å². The number of nitrogens with one attached hydrogen (secondary N) is 2. The fraction of sp³-hybridized carbons (Fsp3) is 0.611. The van der Waals surface area contributed by atoms with Crippen LogP contribution in [0.1, 0.15) is 32.8 Å². The number of hydrogen-bond acceptors (Lipinski definition) is 3. The number of anilines is 1. The number of rotatable bonds is 5. The Kier molecular flexibility index (Phi) is 6.42. The van der Waals surface area contributed by atoms with Gasteiger partial charge in [-0.2, -0.15) is 0 Å². The summed E-state index contributed by atoms with van der Waals surface area (Å²) in [5, 5.41) is 5.91. The van der Waals surface area contributed by atoms with E-state index in [1.54, 1.807) is 0 Å². The molecule has 1 aliphatic rings. The van der Waals surface area contributed by atoms with Crippen LogP contribution in [-0.2, 0) is 10.2 Å². The molecule has 2 N–H and O–H groups in total. The SMILES string of the molecule is CC(C)(C)c1ccccc1NC(=O)NCCCN1CCOCC1. The predicted octanol–water partition coefficient (Wildman–Crippen LogP) is 2.83. The van der Waals surface area contributed by atoms with Crippen molar-refractivity contribution in [2.75, 3.05) is 44.7 Å². The molecule has 1 aliphatic heterocycles. The molecule has 0 radical (unpaired) electrons. The zero-order valence-electron chi connectivity index (χ0n) is 14.5. The number of urea groups is 1. The first-order valence-electron chi connectivity index (χ1n) is 8.41. The molecule has 2 amide bonds. The molecule has 1 heterocycles. The van der Waals surface area contributed by atoms with E-state index in [4.69, 9.17) is 4.74 Å². The standard InChI is InChI=1S/C18H29N3O2/c1-18(2,3)15-7-4-5-8-16(15)20-17(22)19-9-6-10-21-11-13-23-14-12-21/h4-5,7-8H,6,9-14H2,1-3H3,(H2,19,20,22). The Balaban J connectivity index is 1.74. The van der Waals surface area contributed by atoms with Crippen LogP contribution in [0.5, 0.6) is 0 Å². The summed E-state index contributed by atoms with van der Waals surface area (Å²) in [7, 11) is 0. The van der Waals surface area contributed by atoms with E-state index in [0.717, 1.165) is 50.5 Å². The van der Waals surface area contributed by atoms with Crippen molar-refractivity contribution in [2.24, 2.45) is 0 Å². The van der Waals surface area contributed by atoms with Crippen molar-refractivity contribution in [3.63, 3.8) is 0 Å². The first-order valence-corrected chi connectivity index (χ1v) is 8.41. The molecule has 0 unspecified atom stereocenters. The van der Waals surface area contributed by atoms with Gasteiger partial charge in [0.05, 0.1) is 13.2 Å². The number of hydrogen-bond donors (Lipinski definition) is 2. The monoisotopic (exact) mass is 319 g/mol. The third-order valence-corrected chi connectivity index (χ3v) is 4.02. The first-order chi connectivity index (χ1) is 11.0. The number of morpholine rings is 1. The molecular formula is C18H29N3O2. The minimum Gasteiger partial charge on any atom is -0.379 e. The molecule has 0 aromatic heterocycles. The second-order valence-corrected chi connectivity index (χ2v) is 6.98. The summed E-state index contributed by atoms with van der Waals surface area (Å²) in [5.74, 6) is 0. The van der Waals surface area contributed by atoms with E-state index < -0.39 is 0 Å². The highest BCUT2D eigenvalue weighted by molar-refractivity contribution is 5.90. The first kappa shape index (κ1) is 17.8. The van der Waals surface area contributed by atoms with Gasteiger partial charge in [-0.3, -0.25) is 4.90 Å². The van der Waals surface area contributed by atoms with E-state index in [2.05, 4.69) is 42.4 Å². The third-order valence-electron chi connectivity index (χ3n) is 4.02. The summed E-state index contributed by atoms with van der Waals surface area (Å²) in [5.41, 5.74) is 2.02. The maximum atomic E-state index is 12.1. The van der Waals surface area contributed by atoms with Crippen molar-refractivity contribution in [3.05, 3.63) is 29.8 Å². The molecule has 5 heteroatoms. The molecule has 1 aromatic carbocycles. The molecule has 0 saturated carbocycles. The summed E-state index contributed by atoms with van der Waals surface area (Å²) in [4.78, 5) is 14.5. The van der Waals surface area contributed by atoms with Gasteiger partial charge < -0.3 is 15.4 Å². The van der Waals surface area contributed by atoms with E-state index in [0.29, 0.717) is 6.54 Å². The van der Waals surface area contributed by atoms with Crippen LogP contribution in [-0.4, -0.2) is 50.3 Å². The van der Waals surface area contributed by atoms with Crippen LogP contribution in [0.4, 0.5) is 10.5 Å². The summed E-state index contributed by atoms with van der Waals surface area (Å²) in [6.45, 7) is 11.7. The second-order valence-electron chi connectivity index (χ2n) is 6.98. The molecular weight excluding hydrogens is 290 g/mol. The van der Waals surface area contributed by atoms with Crippen molar-refractivity contribution in [1.29, 1.82) is 0 Å². The quantitative estimate of drug-likeness (QED) is 0.821. The summed E-state index contributed by atoms with van der Waals surface area (Å²) in [6, 6.07) is 7.83. The summed E-state index contributed by atoms with van der Waals surface area (Å²) >= 11 is 0. The maximum Gasteiger partial charge on any atom is 0.319 e. The van der Waals surface area contributed by atoms with Gasteiger partial charge >= 0.3 is 6.03 Å². The Bertz CT molecular complexity index is 505. The Labute approximate surface area is 139 Å². The second kappa shape index (κ2) is 8.31. The van der Waals surface area contributed by atoms with Crippen LogP contribution in [0.25, 0.3) is 0 Å². The highest BCUT2D eigenvalue weighted by atomic mass is 16.5. The summed E-state index contributed by atoms with van der Waals surface area (Å²) in [6.07, 6.45) is 0.953. The lowest BCUT2D eigenvalue weighted by Crippen LogP contribution is -2.38. The van der Waals surface area contributed by atoms with Crippen LogP contribution >= 0.6 is 0 Å². The lowest BCUT2D eigenvalue weighted by molar-refractivity contribution is 0.0375. The predicted molar refractivity (Wildman–Crippen MR) is 94.0 cm³/mol. The molecule has 0 aliphatic carbocycles. The van der Waals surface area contributed by atoms with Gasteiger partial charge in [-0.15, -0.1) is 0 Å². The molecule has 1 saturated heterocycles. The lowest BCUT2D eigenvalue weighted by Gasteiger charge is -2.26. The van der Waals surface area contributed by atoms with Gasteiger partial charge in [0.25, 0.3) is 0 Å². The van der Waals surface area contributed by atoms with E-state index in [1.165, 1.54) is 0 Å². The Hall–Kier alpha value is -1.59. The highest BCUT2D eigenvalue weighted by Crippen LogP contribution is 2.29. The van der Waals surface area contributed by atoms with Crippen LogP contribution in [0.2, 0.25) is 0 Å². The van der Waals surface area contributed by atoms with Crippen molar-refractivity contribution in [2.45, 2.75) is 32.6 Å². The Morgan fingerprint density at radius 3 is 2.61 bits per heavy atom. The van der Waals surface area contributed by atoms with Crippen molar-refractivity contribution >= 4 is 11.7 Å². The Morgan fingerprint density at radius 2 is 1.91 bits per heavy atom. The van der Waals surface area contributed by atoms with Gasteiger partial charge in [-0.1, -0.05) is 39.0 Å². The molecule has 128 valence electrons.